The molecule has 68 heavy (non-hydrogen) atoms. The van der Waals surface area contributed by atoms with Gasteiger partial charge in [0.15, 0.2) is 0 Å². The summed E-state index contributed by atoms with van der Waals surface area (Å²) < 4.78 is 164. The average molecular weight is 1000 g/mol. The molecule has 4 aromatic rings. The smallest absolute Gasteiger partial charge is 0.296 e. The Kier molecular flexibility index (Phi) is 14.8. The van der Waals surface area contributed by atoms with Crippen LogP contribution in [0.1, 0.15) is 0 Å². The van der Waals surface area contributed by atoms with E-state index < -0.39 is 190 Å². The molecule has 0 fully saturated rings. The minimum atomic E-state index is -2.71. The number of nitrogens with zero attached hydrogens (tertiary/aromatic N) is 8. The van der Waals surface area contributed by atoms with Crippen molar-refractivity contribution in [3.05, 3.63) is 151 Å². The first-order valence-corrected chi connectivity index (χ1v) is 15.4. The molecule has 0 saturated carbocycles. The average Bonchev–Trinajstić information content (AvgIpc) is 3.19. The van der Waals surface area contributed by atoms with E-state index >= 15 is 0 Å². The molecule has 4 aromatic carbocycles. The van der Waals surface area contributed by atoms with Crippen molar-refractivity contribution in [1.29, 1.82) is 0 Å². The van der Waals surface area contributed by atoms with E-state index in [1.807, 2.05) is 0 Å². The minimum Gasteiger partial charge on any atom is -0.296 e. The van der Waals surface area contributed by atoms with Gasteiger partial charge >= 0.3 is 57.6 Å². The lowest BCUT2D eigenvalue weighted by Gasteiger charge is -2.11. The lowest BCUT2D eigenvalue weighted by Crippen LogP contribution is -2.24. The highest BCUT2D eigenvalue weighted by Crippen LogP contribution is 2.45. The molecule has 42 heteroatoms. The SMILES string of the molecule is O=C(Nc1c([N+](=O)[O-])c(F)c(F)c(F)c1[N+](=O)[O-])Nc1c([N+](=O)[O-])c(F)c(F)c(F)c1[N+](=O)[O-].O=C(Nc1c([N+](=O)[O-])c(F)c(F)c(F)c1[N+](=O)[O-])Nc1c([N+](=O)[O-])c(F)c(F)c(F)c1[N+](=O)[O-]. The van der Waals surface area contributed by atoms with Gasteiger partial charge < -0.3 is 0 Å². The number of rotatable bonds is 12. The summed E-state index contributed by atoms with van der Waals surface area (Å²) >= 11 is 0. The van der Waals surface area contributed by atoms with Gasteiger partial charge in [0.1, 0.15) is 0 Å². The Hall–Kier alpha value is -10.2. The van der Waals surface area contributed by atoms with Crippen molar-refractivity contribution in [2.75, 3.05) is 21.3 Å². The molecule has 0 unspecified atom stereocenters. The van der Waals surface area contributed by atoms with Crippen LogP contribution in [-0.2, 0) is 0 Å². The molecule has 0 atom stereocenters. The number of carbonyl (C=O) groups excluding carboxylic acids is 2. The van der Waals surface area contributed by atoms with Crippen LogP contribution in [0.5, 0.6) is 0 Å². The van der Waals surface area contributed by atoms with E-state index in [0.717, 1.165) is 21.3 Å². The van der Waals surface area contributed by atoms with E-state index in [-0.39, 0.29) is 0 Å². The number of benzene rings is 4. The van der Waals surface area contributed by atoms with Crippen LogP contribution in [0, 0.1) is 151 Å². The van der Waals surface area contributed by atoms with Crippen molar-refractivity contribution < 1.29 is 102 Å². The summed E-state index contributed by atoms with van der Waals surface area (Å²) in [6, 6.07) is -4.57. The third kappa shape index (κ3) is 9.35. The lowest BCUT2D eigenvalue weighted by molar-refractivity contribution is -0.396. The summed E-state index contributed by atoms with van der Waals surface area (Å²) in [5.74, 6) is -32.1. The van der Waals surface area contributed by atoms with Crippen LogP contribution in [0.3, 0.4) is 0 Å². The van der Waals surface area contributed by atoms with Crippen molar-refractivity contribution in [3.63, 3.8) is 0 Å². The van der Waals surface area contributed by atoms with Crippen molar-refractivity contribution in [2.45, 2.75) is 0 Å². The van der Waals surface area contributed by atoms with Crippen molar-refractivity contribution in [1.82, 2.24) is 0 Å². The number of nitrogens with one attached hydrogen (secondary N) is 4. The zero-order chi connectivity index (χ0) is 52.5. The molecule has 360 valence electrons. The molecule has 4 rings (SSSR count). The Balaban J connectivity index is 0.000000360. The van der Waals surface area contributed by atoms with Crippen LogP contribution in [0.4, 0.5) is 131 Å². The molecule has 0 aromatic heterocycles. The molecule has 4 N–H and O–H groups in total. The van der Waals surface area contributed by atoms with Gasteiger partial charge in [-0.1, -0.05) is 0 Å². The van der Waals surface area contributed by atoms with E-state index in [1.54, 1.807) is 0 Å². The predicted octanol–water partition coefficient (Wildman–Crippen LogP) is 7.60. The number of hydrogen-bond donors (Lipinski definition) is 4. The normalized spacial score (nSPS) is 10.5. The second-order valence-electron chi connectivity index (χ2n) is 11.3. The van der Waals surface area contributed by atoms with Gasteiger partial charge in [0.05, 0.1) is 39.4 Å². The number of anilines is 4. The maximum Gasteiger partial charge on any atom is 0.338 e. The monoisotopic (exact) mass is 1000 g/mol. The maximum atomic E-state index is 13.8. The second kappa shape index (κ2) is 19.3. The third-order valence-corrected chi connectivity index (χ3v) is 7.51. The highest BCUT2D eigenvalue weighted by Gasteiger charge is 2.45. The number of nitro groups is 8. The van der Waals surface area contributed by atoms with Crippen molar-refractivity contribution in [2.24, 2.45) is 0 Å². The van der Waals surface area contributed by atoms with E-state index in [1.165, 1.54) is 0 Å². The van der Waals surface area contributed by atoms with Gasteiger partial charge in [-0.05, 0) is 0 Å². The molecular weight excluding hydrogens is 996 g/mol. The molecule has 0 aliphatic heterocycles. The van der Waals surface area contributed by atoms with E-state index in [0.29, 0.717) is 0 Å². The van der Waals surface area contributed by atoms with Crippen molar-refractivity contribution >= 4 is 80.3 Å². The summed E-state index contributed by atoms with van der Waals surface area (Å²) in [5, 5.41) is 92.1. The summed E-state index contributed by atoms with van der Waals surface area (Å²) in [5.41, 5.74) is -25.9. The fourth-order valence-corrected chi connectivity index (χ4v) is 4.91. The van der Waals surface area contributed by atoms with E-state index in [9.17, 15) is 143 Å². The topological polar surface area (TPSA) is 427 Å². The summed E-state index contributed by atoms with van der Waals surface area (Å²) in [4.78, 5) is 97.3. The van der Waals surface area contributed by atoms with Crippen molar-refractivity contribution in [3.8, 4) is 0 Å². The number of hydrogen-bond acceptors (Lipinski definition) is 18. The molecule has 0 bridgehead atoms. The fourth-order valence-electron chi connectivity index (χ4n) is 4.91. The van der Waals surface area contributed by atoms with Gasteiger partial charge in [-0.2, -0.15) is 52.7 Å². The molecular formula is C26H4F12N12O18. The number of urea groups is 2. The van der Waals surface area contributed by atoms with Crippen LogP contribution < -0.4 is 21.3 Å². The summed E-state index contributed by atoms with van der Waals surface area (Å²) in [6.07, 6.45) is 0. The lowest BCUT2D eigenvalue weighted by atomic mass is 10.2. The largest absolute Gasteiger partial charge is 0.338 e. The Morgan fingerprint density at radius 2 is 0.353 bits per heavy atom. The van der Waals surface area contributed by atoms with Crippen LogP contribution >= 0.6 is 0 Å². The zero-order valence-corrected chi connectivity index (χ0v) is 30.5. The quantitative estimate of drug-likeness (QED) is 0.0459. The molecule has 4 amide bonds. The maximum absolute atomic E-state index is 13.8. The Bertz CT molecular complexity index is 2480. The number of carbonyl (C=O) groups is 2. The standard InChI is InChI=1S/2C13H2F6N6O9/c2*14-1-3(16)9(22(27)28)7(10(4(1)17)23(29)30)20-13(26)21-8-11(24(31)32)5(18)2(15)6(19)12(8)25(33)34/h2*(H2,20,21,26). The van der Waals surface area contributed by atoms with Crippen LogP contribution in [-0.4, -0.2) is 51.4 Å². The van der Waals surface area contributed by atoms with Crippen LogP contribution in [0.15, 0.2) is 0 Å². The first-order valence-electron chi connectivity index (χ1n) is 15.4. The van der Waals surface area contributed by atoms with Gasteiger partial charge in [-0.3, -0.25) is 102 Å². The van der Waals surface area contributed by atoms with Gasteiger partial charge in [0, 0.05) is 0 Å². The Morgan fingerprint density at radius 1 is 0.250 bits per heavy atom. The third-order valence-electron chi connectivity index (χ3n) is 7.51. The Morgan fingerprint density at radius 3 is 0.441 bits per heavy atom. The van der Waals surface area contributed by atoms with Crippen LogP contribution in [0.25, 0.3) is 0 Å². The molecule has 0 aliphatic rings. The predicted molar refractivity (Wildman–Crippen MR) is 184 cm³/mol. The van der Waals surface area contributed by atoms with Gasteiger partial charge in [-0.15, -0.1) is 0 Å². The number of halogens is 12. The van der Waals surface area contributed by atoms with E-state index in [4.69, 9.17) is 0 Å². The summed E-state index contributed by atoms with van der Waals surface area (Å²) in [7, 11) is 0. The minimum absolute atomic E-state index is 1.02. The molecule has 0 spiro atoms. The zero-order valence-electron chi connectivity index (χ0n) is 30.5. The van der Waals surface area contributed by atoms with E-state index in [2.05, 4.69) is 0 Å². The Labute approximate surface area is 354 Å². The fraction of sp³-hybridized carbons (Fsp3) is 0. The molecule has 0 heterocycles. The van der Waals surface area contributed by atoms with Gasteiger partial charge in [0.25, 0.3) is 0 Å². The van der Waals surface area contributed by atoms with Gasteiger partial charge in [-0.25, -0.2) is 9.59 Å². The first-order chi connectivity index (χ1) is 31.3. The molecule has 30 nitrogen and oxygen atoms in total. The highest BCUT2D eigenvalue weighted by atomic mass is 19.2. The van der Waals surface area contributed by atoms with Crippen LogP contribution in [0.2, 0.25) is 0 Å². The first kappa shape index (κ1) is 52.1. The summed E-state index contributed by atoms with van der Waals surface area (Å²) in [6.45, 7) is 0. The number of nitro benzene ring substituents is 8. The molecule has 0 aliphatic carbocycles. The number of amides is 4. The van der Waals surface area contributed by atoms with Gasteiger partial charge in [0.2, 0.25) is 92.6 Å². The molecule has 0 radical (unpaired) electrons. The second-order valence-corrected chi connectivity index (χ2v) is 11.3. The highest BCUT2D eigenvalue weighted by molar-refractivity contribution is 6.06. The molecule has 0 saturated heterocycles.